The summed E-state index contributed by atoms with van der Waals surface area (Å²) >= 11 is 0. The predicted octanol–water partition coefficient (Wildman–Crippen LogP) is 3.20. The van der Waals surface area contributed by atoms with Crippen molar-refractivity contribution in [3.63, 3.8) is 0 Å². The van der Waals surface area contributed by atoms with Crippen LogP contribution in [-0.4, -0.2) is 25.7 Å². The van der Waals surface area contributed by atoms with Gasteiger partial charge in [0.2, 0.25) is 0 Å². The fraction of sp³-hybridized carbons (Fsp3) is 0.381. The van der Waals surface area contributed by atoms with Crippen molar-refractivity contribution >= 4 is 5.91 Å². The van der Waals surface area contributed by atoms with E-state index in [1.807, 2.05) is 31.2 Å². The SMILES string of the molecule is C[C@@H](NC(=O)COc1ccc2c(c1)CCC2)c1ccc2c(c1)OCCO2. The maximum Gasteiger partial charge on any atom is 0.258 e. The third kappa shape index (κ3) is 3.62. The van der Waals surface area contributed by atoms with Crippen LogP contribution >= 0.6 is 0 Å². The Labute approximate surface area is 153 Å². The first-order valence-electron chi connectivity index (χ1n) is 9.12. The number of nitrogens with one attached hydrogen (secondary N) is 1. The second-order valence-electron chi connectivity index (χ2n) is 6.77. The number of fused-ring (bicyclic) bond motifs is 2. The van der Waals surface area contributed by atoms with Crippen LogP contribution in [0.15, 0.2) is 36.4 Å². The molecule has 5 nitrogen and oxygen atoms in total. The zero-order valence-corrected chi connectivity index (χ0v) is 14.9. The molecule has 1 N–H and O–H groups in total. The van der Waals surface area contributed by atoms with Crippen LogP contribution in [-0.2, 0) is 17.6 Å². The van der Waals surface area contributed by atoms with Gasteiger partial charge >= 0.3 is 0 Å². The lowest BCUT2D eigenvalue weighted by Gasteiger charge is -2.21. The molecule has 136 valence electrons. The van der Waals surface area contributed by atoms with Gasteiger partial charge in [-0.15, -0.1) is 0 Å². The second kappa shape index (κ2) is 7.28. The second-order valence-corrected chi connectivity index (χ2v) is 6.77. The molecule has 1 atom stereocenters. The number of benzene rings is 2. The van der Waals surface area contributed by atoms with Crippen molar-refractivity contribution in [2.24, 2.45) is 0 Å². The van der Waals surface area contributed by atoms with Crippen LogP contribution in [0.1, 0.15) is 36.1 Å². The molecule has 0 radical (unpaired) electrons. The van der Waals surface area contributed by atoms with Gasteiger partial charge in [-0.2, -0.15) is 0 Å². The summed E-state index contributed by atoms with van der Waals surface area (Å²) in [5, 5.41) is 2.97. The van der Waals surface area contributed by atoms with Crippen LogP contribution < -0.4 is 19.5 Å². The summed E-state index contributed by atoms with van der Waals surface area (Å²) in [6, 6.07) is 11.7. The van der Waals surface area contributed by atoms with Crippen LogP contribution in [0.5, 0.6) is 17.2 Å². The molecule has 1 aliphatic heterocycles. The molecule has 1 aliphatic carbocycles. The van der Waals surface area contributed by atoms with E-state index in [0.29, 0.717) is 13.2 Å². The standard InChI is InChI=1S/C21H23NO4/c1-14(16-6-8-19-20(12-16)25-10-9-24-19)22-21(23)13-26-18-7-5-15-3-2-4-17(15)11-18/h5-8,11-12,14H,2-4,9-10,13H2,1H3,(H,22,23)/t14-/m1/s1. The molecular weight excluding hydrogens is 330 g/mol. The fourth-order valence-corrected chi connectivity index (χ4v) is 3.48. The van der Waals surface area contributed by atoms with Gasteiger partial charge < -0.3 is 19.5 Å². The van der Waals surface area contributed by atoms with Crippen molar-refractivity contribution < 1.29 is 19.0 Å². The van der Waals surface area contributed by atoms with Crippen LogP contribution in [0.2, 0.25) is 0 Å². The van der Waals surface area contributed by atoms with Crippen molar-refractivity contribution in [1.29, 1.82) is 0 Å². The molecule has 26 heavy (non-hydrogen) atoms. The van der Waals surface area contributed by atoms with Crippen molar-refractivity contribution in [1.82, 2.24) is 5.32 Å². The Morgan fingerprint density at radius 1 is 1.08 bits per heavy atom. The molecule has 4 rings (SSSR count). The summed E-state index contributed by atoms with van der Waals surface area (Å²) in [6.45, 7) is 3.07. The smallest absolute Gasteiger partial charge is 0.258 e. The Morgan fingerprint density at radius 2 is 1.88 bits per heavy atom. The van der Waals surface area contributed by atoms with Gasteiger partial charge in [0.1, 0.15) is 19.0 Å². The zero-order chi connectivity index (χ0) is 17.9. The van der Waals surface area contributed by atoms with Gasteiger partial charge in [0.25, 0.3) is 5.91 Å². The van der Waals surface area contributed by atoms with Crippen LogP contribution in [0, 0.1) is 0 Å². The van der Waals surface area contributed by atoms with Crippen LogP contribution in [0.25, 0.3) is 0 Å². The van der Waals surface area contributed by atoms with Gasteiger partial charge in [0.15, 0.2) is 18.1 Å². The first-order valence-corrected chi connectivity index (χ1v) is 9.12. The first-order chi connectivity index (χ1) is 12.7. The summed E-state index contributed by atoms with van der Waals surface area (Å²) in [7, 11) is 0. The average molecular weight is 353 g/mol. The van der Waals surface area contributed by atoms with E-state index in [4.69, 9.17) is 14.2 Å². The number of ether oxygens (including phenoxy) is 3. The lowest BCUT2D eigenvalue weighted by molar-refractivity contribution is -0.123. The highest BCUT2D eigenvalue weighted by molar-refractivity contribution is 5.78. The highest BCUT2D eigenvalue weighted by Gasteiger charge is 2.16. The van der Waals surface area contributed by atoms with E-state index in [2.05, 4.69) is 17.4 Å². The summed E-state index contributed by atoms with van der Waals surface area (Å²) in [6.07, 6.45) is 3.44. The van der Waals surface area contributed by atoms with Gasteiger partial charge in [-0.1, -0.05) is 12.1 Å². The average Bonchev–Trinajstić information content (AvgIpc) is 3.13. The third-order valence-electron chi connectivity index (χ3n) is 4.88. The molecule has 0 saturated carbocycles. The zero-order valence-electron chi connectivity index (χ0n) is 14.9. The Hall–Kier alpha value is -2.69. The van der Waals surface area contributed by atoms with Crippen molar-refractivity contribution in [3.05, 3.63) is 53.1 Å². The molecule has 0 bridgehead atoms. The minimum absolute atomic E-state index is 0.00762. The highest BCUT2D eigenvalue weighted by atomic mass is 16.6. The first kappa shape index (κ1) is 16.8. The lowest BCUT2D eigenvalue weighted by atomic mass is 10.1. The molecule has 0 fully saturated rings. The number of carbonyl (C=O) groups is 1. The van der Waals surface area contributed by atoms with Gasteiger partial charge in [-0.3, -0.25) is 4.79 Å². The number of hydrogen-bond donors (Lipinski definition) is 1. The van der Waals surface area contributed by atoms with E-state index in [1.54, 1.807) is 0 Å². The highest BCUT2D eigenvalue weighted by Crippen LogP contribution is 2.32. The summed E-state index contributed by atoms with van der Waals surface area (Å²) in [4.78, 5) is 12.2. The van der Waals surface area contributed by atoms with E-state index in [-0.39, 0.29) is 18.6 Å². The monoisotopic (exact) mass is 353 g/mol. The molecule has 0 unspecified atom stereocenters. The maximum atomic E-state index is 12.2. The summed E-state index contributed by atoms with van der Waals surface area (Å²) in [5.41, 5.74) is 3.71. The minimum Gasteiger partial charge on any atom is -0.486 e. The lowest BCUT2D eigenvalue weighted by Crippen LogP contribution is -2.31. The number of carbonyl (C=O) groups excluding carboxylic acids is 1. The molecule has 0 aromatic heterocycles. The fourth-order valence-electron chi connectivity index (χ4n) is 3.48. The largest absolute Gasteiger partial charge is 0.486 e. The van der Waals surface area contributed by atoms with E-state index in [9.17, 15) is 4.79 Å². The summed E-state index contributed by atoms with van der Waals surface area (Å²) in [5.74, 6) is 2.09. The van der Waals surface area contributed by atoms with Gasteiger partial charge in [0, 0.05) is 0 Å². The molecule has 0 saturated heterocycles. The van der Waals surface area contributed by atoms with Crippen molar-refractivity contribution in [2.45, 2.75) is 32.2 Å². The number of hydrogen-bond acceptors (Lipinski definition) is 4. The Balaban J connectivity index is 1.33. The molecule has 2 aromatic carbocycles. The molecule has 1 amide bonds. The van der Waals surface area contributed by atoms with E-state index in [1.165, 1.54) is 17.5 Å². The Bertz CT molecular complexity index is 818. The Kier molecular flexibility index (Phi) is 4.69. The Morgan fingerprint density at radius 3 is 2.77 bits per heavy atom. The minimum atomic E-state index is -0.145. The molecule has 1 heterocycles. The molecule has 0 spiro atoms. The molecule has 2 aromatic rings. The van der Waals surface area contributed by atoms with E-state index in [0.717, 1.165) is 35.7 Å². The van der Waals surface area contributed by atoms with E-state index < -0.39 is 0 Å². The van der Waals surface area contributed by atoms with Gasteiger partial charge in [-0.05, 0) is 67.1 Å². The number of amides is 1. The molecular formula is C21H23NO4. The third-order valence-corrected chi connectivity index (χ3v) is 4.88. The molecule has 2 aliphatic rings. The van der Waals surface area contributed by atoms with Gasteiger partial charge in [-0.25, -0.2) is 0 Å². The number of aryl methyl sites for hydroxylation is 2. The van der Waals surface area contributed by atoms with Crippen LogP contribution in [0.4, 0.5) is 0 Å². The van der Waals surface area contributed by atoms with Crippen molar-refractivity contribution in [3.8, 4) is 17.2 Å². The van der Waals surface area contributed by atoms with Crippen LogP contribution in [0.3, 0.4) is 0 Å². The quantitative estimate of drug-likeness (QED) is 0.897. The topological polar surface area (TPSA) is 56.8 Å². The van der Waals surface area contributed by atoms with E-state index >= 15 is 0 Å². The summed E-state index contributed by atoms with van der Waals surface area (Å²) < 4.78 is 16.8. The predicted molar refractivity (Wildman–Crippen MR) is 98.0 cm³/mol. The molecule has 5 heteroatoms. The van der Waals surface area contributed by atoms with Crippen molar-refractivity contribution in [2.75, 3.05) is 19.8 Å². The normalized spacial score (nSPS) is 15.9. The number of rotatable bonds is 5. The van der Waals surface area contributed by atoms with Gasteiger partial charge in [0.05, 0.1) is 6.04 Å². The maximum absolute atomic E-state index is 12.2.